The molecule has 9 heteroatoms. The van der Waals surface area contributed by atoms with Crippen LogP contribution in [-0.2, 0) is 21.4 Å². The van der Waals surface area contributed by atoms with Gasteiger partial charge in [-0.05, 0) is 77.3 Å². The molecule has 2 bridgehead atoms. The number of rotatable bonds is 8. The third kappa shape index (κ3) is 5.73. The lowest BCUT2D eigenvalue weighted by atomic mass is 9.70. The van der Waals surface area contributed by atoms with Crippen molar-refractivity contribution in [3.05, 3.63) is 88.9 Å². The summed E-state index contributed by atoms with van der Waals surface area (Å²) in [7, 11) is -3.99. The van der Waals surface area contributed by atoms with E-state index in [4.69, 9.17) is 11.6 Å². The van der Waals surface area contributed by atoms with Gasteiger partial charge in [-0.1, -0.05) is 61.8 Å². The number of fused-ring (bicyclic) bond motifs is 2. The second-order valence-electron chi connectivity index (χ2n) is 12.8. The molecular formula is C34H38ClN3O4S. The van der Waals surface area contributed by atoms with Gasteiger partial charge in [0.2, 0.25) is 10.0 Å². The molecule has 1 heterocycles. The van der Waals surface area contributed by atoms with Crippen LogP contribution in [0.2, 0.25) is 5.02 Å². The predicted octanol–water partition coefficient (Wildman–Crippen LogP) is 5.78. The minimum atomic E-state index is -3.99. The summed E-state index contributed by atoms with van der Waals surface area (Å²) >= 11 is 6.09. The van der Waals surface area contributed by atoms with E-state index in [9.17, 15) is 18.0 Å². The van der Waals surface area contributed by atoms with E-state index in [0.29, 0.717) is 12.8 Å². The molecule has 1 N–H and O–H groups in total. The van der Waals surface area contributed by atoms with Gasteiger partial charge in [-0.15, -0.1) is 0 Å². The highest BCUT2D eigenvalue weighted by Gasteiger charge is 2.65. The average molecular weight is 620 g/mol. The minimum Gasteiger partial charge on any atom is -0.369 e. The number of piperazine rings is 1. The van der Waals surface area contributed by atoms with Crippen molar-refractivity contribution in [2.75, 3.05) is 36.8 Å². The Labute approximate surface area is 259 Å². The number of benzene rings is 3. The van der Waals surface area contributed by atoms with E-state index in [2.05, 4.69) is 50.9 Å². The van der Waals surface area contributed by atoms with Crippen molar-refractivity contribution in [3.8, 4) is 11.1 Å². The number of nitrogens with one attached hydrogen (secondary N) is 1. The van der Waals surface area contributed by atoms with E-state index in [-0.39, 0.29) is 28.4 Å². The highest BCUT2D eigenvalue weighted by molar-refractivity contribution is 7.90. The lowest BCUT2D eigenvalue weighted by molar-refractivity contribution is -0.128. The van der Waals surface area contributed by atoms with Crippen LogP contribution in [0.4, 0.5) is 5.69 Å². The third-order valence-corrected chi connectivity index (χ3v) is 11.9. The maximum Gasteiger partial charge on any atom is 0.264 e. The van der Waals surface area contributed by atoms with Crippen LogP contribution >= 0.6 is 11.6 Å². The highest BCUT2D eigenvalue weighted by atomic mass is 35.5. The second kappa shape index (κ2) is 11.4. The molecule has 0 spiro atoms. The number of halogens is 1. The van der Waals surface area contributed by atoms with E-state index < -0.39 is 21.3 Å². The fourth-order valence-electron chi connectivity index (χ4n) is 7.47. The first kappa shape index (κ1) is 29.9. The summed E-state index contributed by atoms with van der Waals surface area (Å²) in [6, 6.07) is 23.5. The van der Waals surface area contributed by atoms with E-state index >= 15 is 0 Å². The van der Waals surface area contributed by atoms with E-state index in [1.54, 1.807) is 12.1 Å². The maximum atomic E-state index is 13.1. The number of sulfonamides is 1. The smallest absolute Gasteiger partial charge is 0.264 e. The van der Waals surface area contributed by atoms with Crippen LogP contribution < -0.4 is 9.62 Å². The summed E-state index contributed by atoms with van der Waals surface area (Å²) in [6.07, 6.45) is 1.85. The van der Waals surface area contributed by atoms with Crippen LogP contribution in [-0.4, -0.2) is 56.9 Å². The molecule has 2 saturated carbocycles. The molecule has 0 radical (unpaired) electrons. The molecule has 1 amide bonds. The Hall–Kier alpha value is -3.20. The van der Waals surface area contributed by atoms with Gasteiger partial charge >= 0.3 is 0 Å². The van der Waals surface area contributed by atoms with E-state index in [1.165, 1.54) is 11.1 Å². The lowest BCUT2D eigenvalue weighted by Crippen LogP contribution is -2.46. The van der Waals surface area contributed by atoms with Crippen molar-refractivity contribution >= 4 is 39.0 Å². The first-order valence-corrected chi connectivity index (χ1v) is 17.0. The van der Waals surface area contributed by atoms with Crippen LogP contribution in [0.3, 0.4) is 0 Å². The number of hydrogen-bond donors (Lipinski definition) is 1. The van der Waals surface area contributed by atoms with Crippen molar-refractivity contribution in [1.82, 2.24) is 9.62 Å². The Kier molecular flexibility index (Phi) is 7.90. The van der Waals surface area contributed by atoms with Crippen molar-refractivity contribution in [1.29, 1.82) is 0 Å². The van der Waals surface area contributed by atoms with Crippen LogP contribution in [0.5, 0.6) is 0 Å². The van der Waals surface area contributed by atoms with Crippen molar-refractivity contribution in [2.24, 2.45) is 16.7 Å². The zero-order valence-electron chi connectivity index (χ0n) is 24.7. The Morgan fingerprint density at radius 3 is 2.26 bits per heavy atom. The van der Waals surface area contributed by atoms with Crippen molar-refractivity contribution in [2.45, 2.75) is 39.7 Å². The zero-order chi connectivity index (χ0) is 30.4. The fourth-order valence-corrected chi connectivity index (χ4v) is 9.39. The SMILES string of the molecule is CC1(C)[C@@H]2CC[C@]1(CS(=O)(=O)NC(=O)c1ccc(N3CCN(Cc4ccccc4-c4ccc(Cl)cc4)CC3)cc1)C(=O)C2. The number of carbonyl (C=O) groups is 2. The average Bonchev–Trinajstić information content (AvgIpc) is 3.32. The van der Waals surface area contributed by atoms with Crippen LogP contribution in [0.15, 0.2) is 72.8 Å². The van der Waals surface area contributed by atoms with Gasteiger partial charge in [-0.25, -0.2) is 13.1 Å². The summed E-state index contributed by atoms with van der Waals surface area (Å²) in [5.74, 6) is -0.766. The fraction of sp³-hybridized carbons (Fsp3) is 0.412. The number of nitrogens with zero attached hydrogens (tertiary/aromatic N) is 2. The summed E-state index contributed by atoms with van der Waals surface area (Å²) in [4.78, 5) is 30.5. The molecule has 3 aromatic carbocycles. The van der Waals surface area contributed by atoms with Crippen LogP contribution in [0.1, 0.15) is 49.0 Å². The normalized spacial score (nSPS) is 23.5. The van der Waals surface area contributed by atoms with Crippen molar-refractivity contribution < 1.29 is 18.0 Å². The topological polar surface area (TPSA) is 86.8 Å². The molecule has 2 aliphatic carbocycles. The van der Waals surface area contributed by atoms with Gasteiger partial charge in [-0.2, -0.15) is 0 Å². The molecule has 3 aliphatic rings. The standard InChI is InChI=1S/C34H38ClN3O4S/c1-33(2)27-15-16-34(33,31(39)21-27)23-43(41,42)36-32(40)25-9-13-29(14-10-25)38-19-17-37(18-20-38)22-26-5-3-4-6-30(26)24-7-11-28(35)12-8-24/h3-14,27H,15-23H2,1-2H3,(H,36,40)/t27-,34+/m1/s1. The number of anilines is 1. The van der Waals surface area contributed by atoms with E-state index in [1.807, 2.05) is 38.1 Å². The van der Waals surface area contributed by atoms with Gasteiger partial charge in [0, 0.05) is 55.4 Å². The number of Topliss-reactive ketones (excluding diaryl/α,β-unsaturated/α-hetero) is 1. The largest absolute Gasteiger partial charge is 0.369 e. The molecule has 7 nitrogen and oxygen atoms in total. The monoisotopic (exact) mass is 619 g/mol. The minimum absolute atomic E-state index is 0.0155. The van der Waals surface area contributed by atoms with Gasteiger partial charge in [0.15, 0.2) is 0 Å². The Balaban J connectivity index is 1.05. The van der Waals surface area contributed by atoms with Crippen molar-refractivity contribution in [3.63, 3.8) is 0 Å². The molecule has 6 rings (SSSR count). The molecule has 0 unspecified atom stereocenters. The first-order valence-electron chi connectivity index (χ1n) is 15.0. The predicted molar refractivity (Wildman–Crippen MR) is 171 cm³/mol. The Morgan fingerprint density at radius 2 is 1.63 bits per heavy atom. The van der Waals surface area contributed by atoms with Gasteiger partial charge in [0.1, 0.15) is 5.78 Å². The zero-order valence-corrected chi connectivity index (χ0v) is 26.3. The van der Waals surface area contributed by atoms with Gasteiger partial charge in [-0.3, -0.25) is 14.5 Å². The van der Waals surface area contributed by atoms with Crippen LogP contribution in [0.25, 0.3) is 11.1 Å². The lowest BCUT2D eigenvalue weighted by Gasteiger charge is -2.36. The van der Waals surface area contributed by atoms with Gasteiger partial charge in [0.05, 0.1) is 11.2 Å². The third-order valence-electron chi connectivity index (χ3n) is 10.3. The molecule has 1 aliphatic heterocycles. The first-order chi connectivity index (χ1) is 20.5. The van der Waals surface area contributed by atoms with E-state index in [0.717, 1.165) is 55.4 Å². The number of hydrogen-bond acceptors (Lipinski definition) is 6. The molecule has 43 heavy (non-hydrogen) atoms. The Morgan fingerprint density at radius 1 is 0.953 bits per heavy atom. The summed E-state index contributed by atoms with van der Waals surface area (Å²) in [5, 5.41) is 0.726. The molecule has 0 aromatic heterocycles. The maximum absolute atomic E-state index is 13.1. The highest BCUT2D eigenvalue weighted by Crippen LogP contribution is 2.64. The summed E-state index contributed by atoms with van der Waals surface area (Å²) < 4.78 is 28.4. The number of amides is 1. The molecule has 2 atom stereocenters. The summed E-state index contributed by atoms with van der Waals surface area (Å²) in [5.41, 5.74) is 3.62. The Bertz CT molecular complexity index is 1630. The second-order valence-corrected chi connectivity index (χ2v) is 15.0. The quantitative estimate of drug-likeness (QED) is 0.344. The number of carbonyl (C=O) groups excluding carboxylic acids is 2. The van der Waals surface area contributed by atoms with Gasteiger partial charge in [0.25, 0.3) is 5.91 Å². The van der Waals surface area contributed by atoms with Crippen LogP contribution in [0, 0.1) is 16.7 Å². The number of ketones is 1. The molecule has 3 aromatic rings. The molecular weight excluding hydrogens is 582 g/mol. The molecule has 3 fully saturated rings. The van der Waals surface area contributed by atoms with Gasteiger partial charge < -0.3 is 4.90 Å². The summed E-state index contributed by atoms with van der Waals surface area (Å²) in [6.45, 7) is 8.31. The molecule has 1 saturated heterocycles. The molecule has 226 valence electrons.